The Labute approximate surface area is 69.3 Å². The molecule has 11 heavy (non-hydrogen) atoms. The monoisotopic (exact) mass is 148 g/mol. The maximum absolute atomic E-state index is 2.23. The van der Waals surface area contributed by atoms with Crippen LogP contribution < -0.4 is 0 Å². The van der Waals surface area contributed by atoms with Crippen LogP contribution in [0.2, 0.25) is 0 Å². The lowest BCUT2D eigenvalue weighted by Gasteiger charge is -2.10. The van der Waals surface area contributed by atoms with Gasteiger partial charge in [0.1, 0.15) is 0 Å². The molecule has 0 saturated heterocycles. The lowest BCUT2D eigenvalue weighted by atomic mass is 9.96. The molecule has 0 bridgehead atoms. The number of allylic oxidation sites excluding steroid dienone is 6. The summed E-state index contributed by atoms with van der Waals surface area (Å²) in [7, 11) is 0. The van der Waals surface area contributed by atoms with Crippen molar-refractivity contribution in [3.05, 3.63) is 34.9 Å². The van der Waals surface area contributed by atoms with E-state index in [0.717, 1.165) is 0 Å². The molecule has 0 heteroatoms. The van der Waals surface area contributed by atoms with Gasteiger partial charge < -0.3 is 0 Å². The van der Waals surface area contributed by atoms with Crippen molar-refractivity contribution >= 4 is 0 Å². The maximum atomic E-state index is 2.23. The molecule has 0 amide bonds. The van der Waals surface area contributed by atoms with Crippen molar-refractivity contribution in [1.29, 1.82) is 0 Å². The van der Waals surface area contributed by atoms with Crippen molar-refractivity contribution in [2.75, 3.05) is 0 Å². The summed E-state index contributed by atoms with van der Waals surface area (Å²) in [4.78, 5) is 0. The summed E-state index contributed by atoms with van der Waals surface area (Å²) in [6.07, 6.45) is 9.03. The van der Waals surface area contributed by atoms with E-state index in [0.29, 0.717) is 0 Å². The zero-order chi connectivity index (χ0) is 8.27. The first-order chi connectivity index (χ1) is 5.22. The van der Waals surface area contributed by atoms with Gasteiger partial charge in [-0.2, -0.15) is 0 Å². The SMILES string of the molecule is CC(C)=C(C)C1=CC=CCC1. The zero-order valence-electron chi connectivity index (χ0n) is 7.65. The molecule has 0 heterocycles. The first kappa shape index (κ1) is 8.32. The van der Waals surface area contributed by atoms with E-state index < -0.39 is 0 Å². The molecule has 0 aliphatic heterocycles. The van der Waals surface area contributed by atoms with Crippen molar-refractivity contribution in [1.82, 2.24) is 0 Å². The molecule has 0 fully saturated rings. The molecule has 0 atom stereocenters. The fraction of sp³-hybridized carbons (Fsp3) is 0.455. The predicted molar refractivity (Wildman–Crippen MR) is 50.5 cm³/mol. The molecule has 0 aromatic heterocycles. The predicted octanol–water partition coefficient (Wildman–Crippen LogP) is 3.62. The molecule has 0 aromatic rings. The molecule has 0 N–H and O–H groups in total. The van der Waals surface area contributed by atoms with Crippen molar-refractivity contribution < 1.29 is 0 Å². The molecule has 60 valence electrons. The molecule has 0 aromatic carbocycles. The Kier molecular flexibility index (Phi) is 2.70. The average molecular weight is 148 g/mol. The van der Waals surface area contributed by atoms with Gasteiger partial charge in [-0.15, -0.1) is 0 Å². The van der Waals surface area contributed by atoms with E-state index >= 15 is 0 Å². The Morgan fingerprint density at radius 3 is 2.45 bits per heavy atom. The van der Waals surface area contributed by atoms with Crippen LogP contribution in [0.5, 0.6) is 0 Å². The maximum Gasteiger partial charge on any atom is -0.0241 e. The second kappa shape index (κ2) is 3.56. The number of hydrogen-bond acceptors (Lipinski definition) is 0. The van der Waals surface area contributed by atoms with Crippen molar-refractivity contribution in [2.24, 2.45) is 0 Å². The summed E-state index contributed by atoms with van der Waals surface area (Å²) in [6.45, 7) is 6.56. The van der Waals surface area contributed by atoms with Gasteiger partial charge >= 0.3 is 0 Å². The Balaban J connectivity index is 2.83. The summed E-state index contributed by atoms with van der Waals surface area (Å²) in [5, 5.41) is 0. The third kappa shape index (κ3) is 2.07. The minimum Gasteiger partial charge on any atom is -0.0842 e. The van der Waals surface area contributed by atoms with E-state index in [2.05, 4.69) is 39.0 Å². The summed E-state index contributed by atoms with van der Waals surface area (Å²) in [5.41, 5.74) is 4.41. The molecule has 0 spiro atoms. The van der Waals surface area contributed by atoms with Crippen LogP contribution in [0.4, 0.5) is 0 Å². The molecule has 1 aliphatic rings. The largest absolute Gasteiger partial charge is 0.0842 e. The zero-order valence-corrected chi connectivity index (χ0v) is 7.65. The summed E-state index contributed by atoms with van der Waals surface area (Å²) in [6, 6.07) is 0. The topological polar surface area (TPSA) is 0 Å². The van der Waals surface area contributed by atoms with Gasteiger partial charge in [0.15, 0.2) is 0 Å². The Morgan fingerprint density at radius 2 is 2.00 bits per heavy atom. The van der Waals surface area contributed by atoms with Crippen molar-refractivity contribution in [3.8, 4) is 0 Å². The van der Waals surface area contributed by atoms with Gasteiger partial charge in [0.25, 0.3) is 0 Å². The Bertz CT molecular complexity index is 222. The quantitative estimate of drug-likeness (QED) is 0.532. The molecule has 0 radical (unpaired) electrons. The highest BCUT2D eigenvalue weighted by Crippen LogP contribution is 2.21. The highest BCUT2D eigenvalue weighted by molar-refractivity contribution is 5.36. The lowest BCUT2D eigenvalue weighted by Crippen LogP contribution is -1.90. The molecular weight excluding hydrogens is 132 g/mol. The third-order valence-electron chi connectivity index (χ3n) is 2.25. The van der Waals surface area contributed by atoms with Gasteiger partial charge in [0.05, 0.1) is 0 Å². The number of hydrogen-bond donors (Lipinski definition) is 0. The van der Waals surface area contributed by atoms with E-state index in [1.807, 2.05) is 0 Å². The second-order valence-electron chi connectivity index (χ2n) is 3.28. The van der Waals surface area contributed by atoms with Crippen LogP contribution in [0.15, 0.2) is 34.9 Å². The first-order valence-corrected chi connectivity index (χ1v) is 4.22. The van der Waals surface area contributed by atoms with Crippen LogP contribution in [0.1, 0.15) is 33.6 Å². The van der Waals surface area contributed by atoms with Gasteiger partial charge in [-0.3, -0.25) is 0 Å². The number of rotatable bonds is 1. The van der Waals surface area contributed by atoms with E-state index in [4.69, 9.17) is 0 Å². The Hall–Kier alpha value is -0.780. The summed E-state index contributed by atoms with van der Waals surface area (Å²) in [5.74, 6) is 0. The van der Waals surface area contributed by atoms with Crippen LogP contribution in [-0.4, -0.2) is 0 Å². The van der Waals surface area contributed by atoms with E-state index in [9.17, 15) is 0 Å². The third-order valence-corrected chi connectivity index (χ3v) is 2.25. The smallest absolute Gasteiger partial charge is 0.0241 e. The standard InChI is InChI=1S/C11H16/c1-9(2)10(3)11-7-5-4-6-8-11/h4-5,7H,6,8H2,1-3H3. The second-order valence-corrected chi connectivity index (χ2v) is 3.28. The fourth-order valence-electron chi connectivity index (χ4n) is 1.24. The van der Waals surface area contributed by atoms with Crippen LogP contribution in [0.3, 0.4) is 0 Å². The molecule has 0 unspecified atom stereocenters. The van der Waals surface area contributed by atoms with E-state index in [1.165, 1.54) is 29.6 Å². The molecule has 1 rings (SSSR count). The average Bonchev–Trinajstić information content (AvgIpc) is 2.05. The fourth-order valence-corrected chi connectivity index (χ4v) is 1.24. The highest BCUT2D eigenvalue weighted by Gasteiger charge is 2.01. The minimum absolute atomic E-state index is 1.20. The molecular formula is C11H16. The first-order valence-electron chi connectivity index (χ1n) is 4.22. The normalized spacial score (nSPS) is 16.1. The van der Waals surface area contributed by atoms with Crippen LogP contribution in [0.25, 0.3) is 0 Å². The van der Waals surface area contributed by atoms with Gasteiger partial charge in [0, 0.05) is 0 Å². The van der Waals surface area contributed by atoms with Crippen molar-refractivity contribution in [3.63, 3.8) is 0 Å². The summed E-state index contributed by atoms with van der Waals surface area (Å²) >= 11 is 0. The van der Waals surface area contributed by atoms with Crippen LogP contribution >= 0.6 is 0 Å². The molecule has 0 saturated carbocycles. The van der Waals surface area contributed by atoms with Gasteiger partial charge in [-0.05, 0) is 44.8 Å². The van der Waals surface area contributed by atoms with Gasteiger partial charge in [-0.1, -0.05) is 23.8 Å². The van der Waals surface area contributed by atoms with Gasteiger partial charge in [0.2, 0.25) is 0 Å². The molecule has 1 aliphatic carbocycles. The molecule has 0 nitrogen and oxygen atoms in total. The van der Waals surface area contributed by atoms with Crippen LogP contribution in [-0.2, 0) is 0 Å². The van der Waals surface area contributed by atoms with E-state index in [-0.39, 0.29) is 0 Å². The minimum atomic E-state index is 1.20. The van der Waals surface area contributed by atoms with E-state index in [1.54, 1.807) is 0 Å². The van der Waals surface area contributed by atoms with Crippen LogP contribution in [0, 0.1) is 0 Å². The van der Waals surface area contributed by atoms with Crippen molar-refractivity contribution in [2.45, 2.75) is 33.6 Å². The summed E-state index contributed by atoms with van der Waals surface area (Å²) < 4.78 is 0. The van der Waals surface area contributed by atoms with Gasteiger partial charge in [-0.25, -0.2) is 0 Å². The highest BCUT2D eigenvalue weighted by atomic mass is 14.1. The Morgan fingerprint density at radius 1 is 1.27 bits per heavy atom. The lowest BCUT2D eigenvalue weighted by molar-refractivity contribution is 0.960.